The van der Waals surface area contributed by atoms with E-state index in [-0.39, 0.29) is 5.56 Å². The number of rotatable bonds is 5. The molecule has 1 aromatic carbocycles. The van der Waals surface area contributed by atoms with Crippen molar-refractivity contribution < 1.29 is 14.6 Å². The number of nitrogen functional groups attached to an aromatic ring is 1. The molecule has 4 heteroatoms. The van der Waals surface area contributed by atoms with Crippen LogP contribution in [0.5, 0.6) is 5.75 Å². The van der Waals surface area contributed by atoms with Gasteiger partial charge in [0.25, 0.3) is 0 Å². The number of aromatic carboxylic acids is 1. The number of hydrogen-bond donors (Lipinski definition) is 2. The van der Waals surface area contributed by atoms with E-state index in [4.69, 9.17) is 15.6 Å². The van der Waals surface area contributed by atoms with Crippen LogP contribution in [0.2, 0.25) is 0 Å². The molecule has 0 amide bonds. The number of benzene rings is 1. The Kier molecular flexibility index (Phi) is 4.17. The molecule has 0 aromatic heterocycles. The average molecular weight is 223 g/mol. The third-order valence-corrected chi connectivity index (χ3v) is 2.21. The maximum atomic E-state index is 10.7. The van der Waals surface area contributed by atoms with Gasteiger partial charge in [0.1, 0.15) is 5.75 Å². The van der Waals surface area contributed by atoms with Crippen molar-refractivity contribution in [3.63, 3.8) is 0 Å². The molecule has 0 fully saturated rings. The van der Waals surface area contributed by atoms with Gasteiger partial charge in [-0.15, -0.1) is 0 Å². The molecule has 0 aliphatic rings. The first-order chi connectivity index (χ1) is 7.50. The predicted molar refractivity (Wildman–Crippen MR) is 62.8 cm³/mol. The maximum absolute atomic E-state index is 10.7. The van der Waals surface area contributed by atoms with Gasteiger partial charge in [-0.3, -0.25) is 0 Å². The summed E-state index contributed by atoms with van der Waals surface area (Å²) in [6, 6.07) is 4.50. The molecule has 0 saturated heterocycles. The Morgan fingerprint density at radius 3 is 2.69 bits per heavy atom. The first-order valence-corrected chi connectivity index (χ1v) is 5.26. The fraction of sp³-hybridized carbons (Fsp3) is 0.417. The van der Waals surface area contributed by atoms with Crippen LogP contribution in [0.4, 0.5) is 5.69 Å². The molecule has 0 bridgehead atoms. The van der Waals surface area contributed by atoms with Crippen LogP contribution in [0.1, 0.15) is 30.6 Å². The van der Waals surface area contributed by atoms with Crippen LogP contribution in [0.15, 0.2) is 18.2 Å². The number of carboxylic acids is 1. The number of ether oxygens (including phenoxy) is 1. The first-order valence-electron chi connectivity index (χ1n) is 5.26. The third-order valence-electron chi connectivity index (χ3n) is 2.21. The van der Waals surface area contributed by atoms with Crippen LogP contribution >= 0.6 is 0 Å². The summed E-state index contributed by atoms with van der Waals surface area (Å²) in [5, 5.41) is 8.75. The highest BCUT2D eigenvalue weighted by atomic mass is 16.5. The molecular weight excluding hydrogens is 206 g/mol. The maximum Gasteiger partial charge on any atom is 0.335 e. The molecule has 16 heavy (non-hydrogen) atoms. The number of carbonyl (C=O) groups is 1. The summed E-state index contributed by atoms with van der Waals surface area (Å²) >= 11 is 0. The van der Waals surface area contributed by atoms with Crippen molar-refractivity contribution in [2.45, 2.75) is 20.3 Å². The molecule has 0 saturated carbocycles. The van der Waals surface area contributed by atoms with Gasteiger partial charge in [-0.2, -0.15) is 0 Å². The second kappa shape index (κ2) is 5.39. The van der Waals surface area contributed by atoms with Crippen LogP contribution in [0, 0.1) is 5.92 Å². The second-order valence-corrected chi connectivity index (χ2v) is 4.09. The standard InChI is InChI=1S/C12H17NO3/c1-8(2)5-6-16-11-4-3-9(12(14)15)7-10(11)13/h3-4,7-8H,5-6,13H2,1-2H3,(H,14,15). The summed E-state index contributed by atoms with van der Waals surface area (Å²) in [5.41, 5.74) is 6.23. The second-order valence-electron chi connectivity index (χ2n) is 4.09. The predicted octanol–water partition coefficient (Wildman–Crippen LogP) is 2.39. The molecule has 0 unspecified atom stereocenters. The van der Waals surface area contributed by atoms with E-state index in [1.165, 1.54) is 12.1 Å². The minimum atomic E-state index is -0.986. The van der Waals surface area contributed by atoms with Crippen molar-refractivity contribution >= 4 is 11.7 Å². The number of anilines is 1. The van der Waals surface area contributed by atoms with Gasteiger partial charge >= 0.3 is 5.97 Å². The lowest BCUT2D eigenvalue weighted by atomic mass is 10.1. The van der Waals surface area contributed by atoms with Gasteiger partial charge in [0, 0.05) is 0 Å². The fourth-order valence-electron chi connectivity index (χ4n) is 1.22. The van der Waals surface area contributed by atoms with Crippen LogP contribution in [0.3, 0.4) is 0 Å². The lowest BCUT2D eigenvalue weighted by Crippen LogP contribution is -2.04. The van der Waals surface area contributed by atoms with Crippen molar-refractivity contribution in [2.24, 2.45) is 5.92 Å². The Bertz CT molecular complexity index is 375. The van der Waals surface area contributed by atoms with Crippen molar-refractivity contribution in [3.8, 4) is 5.75 Å². The molecule has 0 aliphatic carbocycles. The fourth-order valence-corrected chi connectivity index (χ4v) is 1.22. The van der Waals surface area contributed by atoms with Gasteiger partial charge < -0.3 is 15.6 Å². The van der Waals surface area contributed by atoms with E-state index in [0.717, 1.165) is 6.42 Å². The highest BCUT2D eigenvalue weighted by Gasteiger charge is 2.07. The molecule has 0 spiro atoms. The molecule has 88 valence electrons. The van der Waals surface area contributed by atoms with Gasteiger partial charge in [-0.05, 0) is 30.5 Å². The zero-order chi connectivity index (χ0) is 12.1. The van der Waals surface area contributed by atoms with Gasteiger partial charge in [-0.1, -0.05) is 13.8 Å². The molecule has 1 aromatic rings. The third kappa shape index (κ3) is 3.46. The van der Waals surface area contributed by atoms with Crippen molar-refractivity contribution in [1.29, 1.82) is 0 Å². The highest BCUT2D eigenvalue weighted by Crippen LogP contribution is 2.22. The summed E-state index contributed by atoms with van der Waals surface area (Å²) in [4.78, 5) is 10.7. The smallest absolute Gasteiger partial charge is 0.335 e. The summed E-state index contributed by atoms with van der Waals surface area (Å²) < 4.78 is 5.46. The van der Waals surface area contributed by atoms with Crippen LogP contribution < -0.4 is 10.5 Å². The minimum absolute atomic E-state index is 0.175. The van der Waals surface area contributed by atoms with Gasteiger partial charge in [-0.25, -0.2) is 4.79 Å². The average Bonchev–Trinajstić information content (AvgIpc) is 2.19. The molecule has 0 atom stereocenters. The van der Waals surface area contributed by atoms with Crippen LogP contribution in [-0.2, 0) is 0 Å². The number of nitrogens with two attached hydrogens (primary N) is 1. The number of carboxylic acid groups (broad SMARTS) is 1. The quantitative estimate of drug-likeness (QED) is 0.752. The summed E-state index contributed by atoms with van der Waals surface area (Å²) in [6.45, 7) is 4.81. The lowest BCUT2D eigenvalue weighted by molar-refractivity contribution is 0.0697. The molecule has 0 heterocycles. The highest BCUT2D eigenvalue weighted by molar-refractivity contribution is 5.89. The Morgan fingerprint density at radius 2 is 2.19 bits per heavy atom. The van der Waals surface area contributed by atoms with Gasteiger partial charge in [0.05, 0.1) is 17.9 Å². The molecule has 1 rings (SSSR count). The monoisotopic (exact) mass is 223 g/mol. The summed E-state index contributed by atoms with van der Waals surface area (Å²) in [7, 11) is 0. The van der Waals surface area contributed by atoms with E-state index in [1.54, 1.807) is 6.07 Å². The Labute approximate surface area is 95.0 Å². The van der Waals surface area contributed by atoms with E-state index >= 15 is 0 Å². The van der Waals surface area contributed by atoms with Crippen LogP contribution in [0.25, 0.3) is 0 Å². The number of hydrogen-bond acceptors (Lipinski definition) is 3. The molecule has 0 aliphatic heterocycles. The van der Waals surface area contributed by atoms with Crippen molar-refractivity contribution in [3.05, 3.63) is 23.8 Å². The lowest BCUT2D eigenvalue weighted by Gasteiger charge is -2.10. The van der Waals surface area contributed by atoms with E-state index in [0.29, 0.717) is 24.0 Å². The SMILES string of the molecule is CC(C)CCOc1ccc(C(=O)O)cc1N. The normalized spacial score (nSPS) is 10.4. The molecule has 4 nitrogen and oxygen atoms in total. The van der Waals surface area contributed by atoms with E-state index in [2.05, 4.69) is 13.8 Å². The summed E-state index contributed by atoms with van der Waals surface area (Å²) in [6.07, 6.45) is 0.945. The Balaban J connectivity index is 2.64. The topological polar surface area (TPSA) is 72.5 Å². The van der Waals surface area contributed by atoms with Crippen LogP contribution in [-0.4, -0.2) is 17.7 Å². The van der Waals surface area contributed by atoms with E-state index in [9.17, 15) is 4.79 Å². The van der Waals surface area contributed by atoms with Crippen molar-refractivity contribution in [2.75, 3.05) is 12.3 Å². The van der Waals surface area contributed by atoms with Crippen molar-refractivity contribution in [1.82, 2.24) is 0 Å². The van der Waals surface area contributed by atoms with E-state index < -0.39 is 5.97 Å². The Hall–Kier alpha value is -1.71. The largest absolute Gasteiger partial charge is 0.491 e. The zero-order valence-electron chi connectivity index (χ0n) is 9.56. The zero-order valence-corrected chi connectivity index (χ0v) is 9.56. The Morgan fingerprint density at radius 1 is 1.50 bits per heavy atom. The van der Waals surface area contributed by atoms with Gasteiger partial charge in [0.15, 0.2) is 0 Å². The first kappa shape index (κ1) is 12.4. The van der Waals surface area contributed by atoms with Gasteiger partial charge in [0.2, 0.25) is 0 Å². The minimum Gasteiger partial charge on any atom is -0.491 e. The summed E-state index contributed by atoms with van der Waals surface area (Å²) in [5.74, 6) is 0.130. The molecule has 0 radical (unpaired) electrons. The molecule has 3 N–H and O–H groups in total. The van der Waals surface area contributed by atoms with E-state index in [1.807, 2.05) is 0 Å². The molecular formula is C12H17NO3.